The summed E-state index contributed by atoms with van der Waals surface area (Å²) in [5.41, 5.74) is 3.44. The number of amides is 2. The van der Waals surface area contributed by atoms with Gasteiger partial charge in [0, 0.05) is 30.3 Å². The smallest absolute Gasteiger partial charge is 0.323 e. The molecule has 3 N–H and O–H groups in total. The number of hydrogen-bond donors (Lipinski definition) is 3. The molecule has 0 bridgehead atoms. The molecular weight excluding hydrogens is 332 g/mol. The molecule has 1 unspecified atom stereocenters. The number of aliphatic carboxylic acids is 1. The summed E-state index contributed by atoms with van der Waals surface area (Å²) >= 11 is 0. The number of ether oxygens (including phenoxy) is 1. The van der Waals surface area contributed by atoms with E-state index in [2.05, 4.69) is 10.6 Å². The number of benzene rings is 2. The zero-order valence-electron chi connectivity index (χ0n) is 14.4. The van der Waals surface area contributed by atoms with Crippen LogP contribution in [0.25, 0.3) is 0 Å². The van der Waals surface area contributed by atoms with Crippen LogP contribution in [0.1, 0.15) is 29.9 Å². The van der Waals surface area contributed by atoms with Crippen LogP contribution in [0.15, 0.2) is 48.5 Å². The fourth-order valence-electron chi connectivity index (χ4n) is 2.99. The van der Waals surface area contributed by atoms with Crippen molar-refractivity contribution in [3.05, 3.63) is 59.7 Å². The monoisotopic (exact) mass is 354 g/mol. The number of urea groups is 1. The predicted octanol–water partition coefficient (Wildman–Crippen LogP) is 3.85. The second-order valence-corrected chi connectivity index (χ2v) is 6.36. The maximum absolute atomic E-state index is 12.2. The first-order valence-electron chi connectivity index (χ1n) is 8.66. The molecular formula is C20H22N2O4. The van der Waals surface area contributed by atoms with E-state index in [1.165, 1.54) is 5.56 Å². The Morgan fingerprint density at radius 1 is 1.08 bits per heavy atom. The van der Waals surface area contributed by atoms with Crippen molar-refractivity contribution >= 4 is 23.4 Å². The molecule has 1 atom stereocenters. The van der Waals surface area contributed by atoms with Gasteiger partial charge in [0.05, 0.1) is 6.61 Å². The van der Waals surface area contributed by atoms with E-state index in [0.717, 1.165) is 25.2 Å². The van der Waals surface area contributed by atoms with Crippen LogP contribution in [0, 0.1) is 0 Å². The molecule has 0 spiro atoms. The van der Waals surface area contributed by atoms with Crippen molar-refractivity contribution in [1.29, 1.82) is 0 Å². The fourth-order valence-corrected chi connectivity index (χ4v) is 2.99. The maximum Gasteiger partial charge on any atom is 0.323 e. The molecule has 1 heterocycles. The summed E-state index contributed by atoms with van der Waals surface area (Å²) in [6.07, 6.45) is 1.53. The van der Waals surface area contributed by atoms with Gasteiger partial charge in [-0.1, -0.05) is 24.3 Å². The molecule has 0 saturated carbocycles. The molecule has 1 fully saturated rings. The van der Waals surface area contributed by atoms with Crippen LogP contribution < -0.4 is 10.6 Å². The molecule has 26 heavy (non-hydrogen) atoms. The second-order valence-electron chi connectivity index (χ2n) is 6.36. The van der Waals surface area contributed by atoms with E-state index >= 15 is 0 Å². The van der Waals surface area contributed by atoms with Gasteiger partial charge in [-0.2, -0.15) is 0 Å². The van der Waals surface area contributed by atoms with Gasteiger partial charge in [-0.3, -0.25) is 4.79 Å². The third-order valence-electron chi connectivity index (χ3n) is 4.38. The Bertz CT molecular complexity index is 768. The first-order valence-corrected chi connectivity index (χ1v) is 8.66. The summed E-state index contributed by atoms with van der Waals surface area (Å²) in [6.45, 7) is 1.56. The third-order valence-corrected chi connectivity index (χ3v) is 4.38. The van der Waals surface area contributed by atoms with Crippen LogP contribution in [0.5, 0.6) is 0 Å². The number of nitrogens with one attached hydrogen (secondary N) is 2. The minimum atomic E-state index is -0.839. The van der Waals surface area contributed by atoms with E-state index < -0.39 is 5.97 Å². The van der Waals surface area contributed by atoms with E-state index in [-0.39, 0.29) is 12.5 Å². The molecule has 6 nitrogen and oxygen atoms in total. The normalized spacial score (nSPS) is 16.2. The van der Waals surface area contributed by atoms with Crippen molar-refractivity contribution in [2.24, 2.45) is 0 Å². The van der Waals surface area contributed by atoms with E-state index in [1.54, 1.807) is 18.2 Å². The van der Waals surface area contributed by atoms with Gasteiger partial charge in [0.15, 0.2) is 0 Å². The average Bonchev–Trinajstić information content (AvgIpc) is 3.15. The van der Waals surface area contributed by atoms with Crippen LogP contribution in [0.2, 0.25) is 0 Å². The Morgan fingerprint density at radius 3 is 2.54 bits per heavy atom. The lowest BCUT2D eigenvalue weighted by atomic mass is 9.98. The second kappa shape index (κ2) is 8.49. The number of anilines is 2. The highest BCUT2D eigenvalue weighted by Gasteiger charge is 2.17. The Kier molecular flexibility index (Phi) is 5.86. The largest absolute Gasteiger partial charge is 0.481 e. The SMILES string of the molecule is O=C(O)CCc1cccc(NC(=O)Nc2ccc(C3CCOC3)cc2)c1. The molecule has 2 aromatic rings. The van der Waals surface area contributed by atoms with E-state index in [9.17, 15) is 9.59 Å². The van der Waals surface area contributed by atoms with Crippen molar-refractivity contribution in [3.63, 3.8) is 0 Å². The van der Waals surface area contributed by atoms with Gasteiger partial charge in [-0.25, -0.2) is 4.79 Å². The first-order chi connectivity index (χ1) is 12.6. The predicted molar refractivity (Wildman–Crippen MR) is 99.7 cm³/mol. The van der Waals surface area contributed by atoms with Gasteiger partial charge in [0.25, 0.3) is 0 Å². The molecule has 2 amide bonds. The number of carboxylic acids is 1. The van der Waals surface area contributed by atoms with E-state index in [0.29, 0.717) is 23.7 Å². The molecule has 136 valence electrons. The molecule has 3 rings (SSSR count). The number of carbonyl (C=O) groups is 2. The molecule has 1 aliphatic heterocycles. The summed E-state index contributed by atoms with van der Waals surface area (Å²) in [4.78, 5) is 22.8. The number of hydrogen-bond acceptors (Lipinski definition) is 3. The zero-order valence-corrected chi connectivity index (χ0v) is 14.4. The lowest BCUT2D eigenvalue weighted by Crippen LogP contribution is -2.19. The number of carboxylic acid groups (broad SMARTS) is 1. The first kappa shape index (κ1) is 17.9. The average molecular weight is 354 g/mol. The zero-order chi connectivity index (χ0) is 18.4. The van der Waals surface area contributed by atoms with Crippen molar-refractivity contribution in [2.45, 2.75) is 25.2 Å². The van der Waals surface area contributed by atoms with Gasteiger partial charge >= 0.3 is 12.0 Å². The lowest BCUT2D eigenvalue weighted by molar-refractivity contribution is -0.136. The minimum Gasteiger partial charge on any atom is -0.481 e. The summed E-state index contributed by atoms with van der Waals surface area (Å²) in [5.74, 6) is -0.403. The van der Waals surface area contributed by atoms with Gasteiger partial charge < -0.3 is 20.5 Å². The third kappa shape index (κ3) is 5.07. The molecule has 0 radical (unpaired) electrons. The highest BCUT2D eigenvalue weighted by molar-refractivity contribution is 5.99. The van der Waals surface area contributed by atoms with Crippen LogP contribution in [-0.2, 0) is 16.0 Å². The molecule has 1 saturated heterocycles. The fraction of sp³-hybridized carbons (Fsp3) is 0.300. The summed E-state index contributed by atoms with van der Waals surface area (Å²) in [6, 6.07) is 14.7. The topological polar surface area (TPSA) is 87.7 Å². The van der Waals surface area contributed by atoms with Gasteiger partial charge in [-0.15, -0.1) is 0 Å². The Hall–Kier alpha value is -2.86. The Labute approximate surface area is 152 Å². The lowest BCUT2D eigenvalue weighted by Gasteiger charge is -2.11. The van der Waals surface area contributed by atoms with Crippen LogP contribution >= 0.6 is 0 Å². The van der Waals surface area contributed by atoms with Crippen molar-refractivity contribution in [2.75, 3.05) is 23.8 Å². The van der Waals surface area contributed by atoms with Crippen molar-refractivity contribution in [3.8, 4) is 0 Å². The highest BCUT2D eigenvalue weighted by atomic mass is 16.5. The Balaban J connectivity index is 1.55. The number of aryl methyl sites for hydroxylation is 1. The van der Waals surface area contributed by atoms with Crippen molar-refractivity contribution < 1.29 is 19.4 Å². The number of rotatable bonds is 6. The van der Waals surface area contributed by atoms with E-state index in [4.69, 9.17) is 9.84 Å². The van der Waals surface area contributed by atoms with Crippen LogP contribution in [0.3, 0.4) is 0 Å². The molecule has 1 aliphatic rings. The Morgan fingerprint density at radius 2 is 1.85 bits per heavy atom. The van der Waals surface area contributed by atoms with E-state index in [1.807, 2.05) is 30.3 Å². The standard InChI is InChI=1S/C20H22N2O4/c23-19(24)9-4-14-2-1-3-18(12-14)22-20(25)21-17-7-5-15(6-8-17)16-10-11-26-13-16/h1-3,5-8,12,16H,4,9-11,13H2,(H,23,24)(H2,21,22,25). The van der Waals surface area contributed by atoms with Crippen molar-refractivity contribution in [1.82, 2.24) is 0 Å². The summed E-state index contributed by atoms with van der Waals surface area (Å²) < 4.78 is 5.40. The number of carbonyl (C=O) groups excluding carboxylic acids is 1. The van der Waals surface area contributed by atoms with Gasteiger partial charge in [-0.05, 0) is 48.2 Å². The molecule has 0 aromatic heterocycles. The van der Waals surface area contributed by atoms with Crippen LogP contribution in [-0.4, -0.2) is 30.3 Å². The van der Waals surface area contributed by atoms with Gasteiger partial charge in [0.2, 0.25) is 0 Å². The molecule has 0 aliphatic carbocycles. The maximum atomic E-state index is 12.2. The quantitative estimate of drug-likeness (QED) is 0.735. The van der Waals surface area contributed by atoms with Gasteiger partial charge in [0.1, 0.15) is 0 Å². The molecule has 2 aromatic carbocycles. The molecule has 6 heteroatoms. The highest BCUT2D eigenvalue weighted by Crippen LogP contribution is 2.26. The minimum absolute atomic E-state index is 0.0635. The van der Waals surface area contributed by atoms with Crippen LogP contribution in [0.4, 0.5) is 16.2 Å². The summed E-state index contributed by atoms with van der Waals surface area (Å²) in [7, 11) is 0. The summed E-state index contributed by atoms with van der Waals surface area (Å²) in [5, 5.41) is 14.3.